The quantitative estimate of drug-likeness (QED) is 0.0515. The smallest absolute Gasteiger partial charge is 0.336 e. The average molecular weight is 630 g/mol. The van der Waals surface area contributed by atoms with Crippen LogP contribution in [0, 0.1) is 12.3 Å². The van der Waals surface area contributed by atoms with Gasteiger partial charge in [0.05, 0.1) is 0 Å². The second-order valence-electron chi connectivity index (χ2n) is 10.1. The molecule has 0 spiro atoms. The van der Waals surface area contributed by atoms with Gasteiger partial charge in [-0.15, -0.1) is 0 Å². The van der Waals surface area contributed by atoms with Crippen molar-refractivity contribution >= 4 is 40.5 Å². The maximum atomic E-state index is 11.0. The molecule has 1 aliphatic heterocycles. The molecule has 2 aromatic carbocycles. The molecular weight excluding hydrogens is 586 g/mol. The number of benzene rings is 2. The van der Waals surface area contributed by atoms with Crippen molar-refractivity contribution in [2.45, 2.75) is 57.2 Å². The molecule has 0 aliphatic carbocycles. The molecule has 1 aromatic heterocycles. The van der Waals surface area contributed by atoms with Gasteiger partial charge in [-0.1, -0.05) is 30.3 Å². The second kappa shape index (κ2) is 20.1. The summed E-state index contributed by atoms with van der Waals surface area (Å²) >= 11 is 0. The molecule has 0 bridgehead atoms. The third kappa shape index (κ3) is 15.9. The SMILES string of the molecule is Cc1cc(=O)oc2cc(N)ccc12.N=C(N)NCCCC(N)C(=O)O.NC(Cc1ccccc1)C(=O)O.O=C(O)[C@@H]1CCCN1. The summed E-state index contributed by atoms with van der Waals surface area (Å²) in [5.41, 5.74) is 23.8. The lowest BCUT2D eigenvalue weighted by molar-refractivity contribution is -0.139. The van der Waals surface area contributed by atoms with Crippen LogP contribution in [0.25, 0.3) is 11.0 Å². The van der Waals surface area contributed by atoms with Crippen LogP contribution in [0.5, 0.6) is 0 Å². The fourth-order valence-electron chi connectivity index (χ4n) is 3.86. The number of carboxylic acids is 3. The van der Waals surface area contributed by atoms with Crippen molar-refractivity contribution in [3.63, 3.8) is 0 Å². The minimum absolute atomic E-state index is 0.112. The number of nitrogen functional groups attached to an aromatic ring is 1. The molecule has 0 radical (unpaired) electrons. The van der Waals surface area contributed by atoms with Crippen LogP contribution in [0.15, 0.2) is 63.8 Å². The molecule has 1 fully saturated rings. The molecule has 2 heterocycles. The van der Waals surface area contributed by atoms with Gasteiger partial charge in [0.1, 0.15) is 23.7 Å². The number of nitrogens with two attached hydrogens (primary N) is 4. The highest BCUT2D eigenvalue weighted by Gasteiger charge is 2.20. The molecule has 2 unspecified atom stereocenters. The first-order valence-electron chi connectivity index (χ1n) is 14.1. The summed E-state index contributed by atoms with van der Waals surface area (Å²) in [6.07, 6.45) is 3.14. The Kier molecular flexibility index (Phi) is 17.0. The molecule has 246 valence electrons. The minimum atomic E-state index is -1.00. The molecule has 1 aliphatic rings. The number of rotatable bonds is 9. The van der Waals surface area contributed by atoms with E-state index in [0.717, 1.165) is 35.9 Å². The number of guanidine groups is 1. The maximum absolute atomic E-state index is 11.0. The maximum Gasteiger partial charge on any atom is 0.336 e. The second-order valence-corrected chi connectivity index (χ2v) is 10.1. The Hall–Kier alpha value is -4.99. The summed E-state index contributed by atoms with van der Waals surface area (Å²) in [7, 11) is 0. The van der Waals surface area contributed by atoms with Crippen LogP contribution in [0.1, 0.15) is 36.8 Å². The number of fused-ring (bicyclic) bond motifs is 1. The van der Waals surface area contributed by atoms with Gasteiger partial charge in [-0.25, -0.2) is 4.79 Å². The van der Waals surface area contributed by atoms with Gasteiger partial charge in [-0.05, 0) is 68.8 Å². The van der Waals surface area contributed by atoms with Gasteiger partial charge in [0, 0.05) is 29.8 Å². The van der Waals surface area contributed by atoms with Crippen LogP contribution >= 0.6 is 0 Å². The van der Waals surface area contributed by atoms with Gasteiger partial charge in [-0.2, -0.15) is 0 Å². The van der Waals surface area contributed by atoms with E-state index in [0.29, 0.717) is 37.1 Å². The summed E-state index contributed by atoms with van der Waals surface area (Å²) < 4.78 is 4.99. The number of carboxylic acid groups (broad SMARTS) is 3. The molecule has 45 heavy (non-hydrogen) atoms. The molecule has 0 amide bonds. The summed E-state index contributed by atoms with van der Waals surface area (Å²) in [5, 5.41) is 38.4. The highest BCUT2D eigenvalue weighted by Crippen LogP contribution is 2.18. The minimum Gasteiger partial charge on any atom is -0.480 e. The Labute approximate surface area is 260 Å². The lowest BCUT2D eigenvalue weighted by Gasteiger charge is -2.06. The van der Waals surface area contributed by atoms with Crippen LogP contribution in [0.4, 0.5) is 5.69 Å². The highest BCUT2D eigenvalue weighted by molar-refractivity contribution is 5.82. The van der Waals surface area contributed by atoms with Crippen molar-refractivity contribution in [3.8, 4) is 0 Å². The van der Waals surface area contributed by atoms with Crippen LogP contribution in [-0.4, -0.2) is 70.4 Å². The van der Waals surface area contributed by atoms with E-state index in [1.54, 1.807) is 12.1 Å². The Morgan fingerprint density at radius 2 is 1.69 bits per heavy atom. The molecular formula is C30H43N7O8. The Morgan fingerprint density at radius 3 is 2.20 bits per heavy atom. The van der Waals surface area contributed by atoms with Crippen molar-refractivity contribution < 1.29 is 34.1 Å². The average Bonchev–Trinajstić information content (AvgIpc) is 3.52. The van der Waals surface area contributed by atoms with Crippen molar-refractivity contribution in [1.82, 2.24) is 10.6 Å². The largest absolute Gasteiger partial charge is 0.480 e. The van der Waals surface area contributed by atoms with E-state index >= 15 is 0 Å². The van der Waals surface area contributed by atoms with E-state index < -0.39 is 30.0 Å². The van der Waals surface area contributed by atoms with Crippen molar-refractivity contribution in [1.29, 1.82) is 5.41 Å². The fraction of sp³-hybridized carbons (Fsp3) is 0.367. The number of hydrogen-bond acceptors (Lipinski definition) is 10. The first kappa shape index (κ1) is 38.0. The summed E-state index contributed by atoms with van der Waals surface area (Å²) in [4.78, 5) is 41.7. The monoisotopic (exact) mass is 629 g/mol. The highest BCUT2D eigenvalue weighted by atomic mass is 16.4. The first-order chi connectivity index (χ1) is 21.2. The fourth-order valence-corrected chi connectivity index (χ4v) is 3.86. The number of aliphatic carboxylic acids is 3. The Balaban J connectivity index is 0.000000304. The van der Waals surface area contributed by atoms with Crippen molar-refractivity contribution in [2.24, 2.45) is 17.2 Å². The van der Waals surface area contributed by atoms with Crippen LogP contribution in [-0.2, 0) is 20.8 Å². The first-order valence-corrected chi connectivity index (χ1v) is 14.1. The molecule has 3 atom stereocenters. The third-order valence-electron chi connectivity index (χ3n) is 6.27. The van der Waals surface area contributed by atoms with E-state index in [9.17, 15) is 19.2 Å². The normalized spacial score (nSPS) is 14.6. The molecule has 4 rings (SSSR count). The van der Waals surface area contributed by atoms with E-state index in [1.165, 1.54) is 6.07 Å². The van der Waals surface area contributed by atoms with Gasteiger partial charge in [0.25, 0.3) is 0 Å². The van der Waals surface area contributed by atoms with Gasteiger partial charge < -0.3 is 53.3 Å². The third-order valence-corrected chi connectivity index (χ3v) is 6.27. The van der Waals surface area contributed by atoms with E-state index in [-0.39, 0.29) is 17.6 Å². The van der Waals surface area contributed by atoms with Crippen LogP contribution < -0.4 is 39.2 Å². The van der Waals surface area contributed by atoms with Gasteiger partial charge >= 0.3 is 23.5 Å². The zero-order valence-corrected chi connectivity index (χ0v) is 25.1. The molecule has 15 nitrogen and oxygen atoms in total. The van der Waals surface area contributed by atoms with Gasteiger partial charge in [0.15, 0.2) is 5.96 Å². The van der Waals surface area contributed by atoms with Gasteiger partial charge in [0.2, 0.25) is 0 Å². The van der Waals surface area contributed by atoms with E-state index in [4.69, 9.17) is 48.1 Å². The predicted molar refractivity (Wildman–Crippen MR) is 171 cm³/mol. The number of nitrogens with one attached hydrogen (secondary N) is 3. The van der Waals surface area contributed by atoms with E-state index in [2.05, 4.69) is 10.6 Å². The topological polar surface area (TPSA) is 294 Å². The summed E-state index contributed by atoms with van der Waals surface area (Å²) in [6, 6.07) is 14.2. The number of hydrogen-bond donors (Lipinski definition) is 10. The standard InChI is InChI=1S/C10H9NO2.C9H11NO2.C6H14N4O2.C5H9NO2/c1-6-4-10(12)13-9-5-7(11)2-3-8(6)9;10-8(9(11)12)6-7-4-2-1-3-5-7;7-4(5(11)12)2-1-3-10-6(8)9;7-5(8)4-2-1-3-6-4/h2-5H,11H2,1H3;1-5,8H,6,10H2,(H,11,12);4H,1-3,7H2,(H,11,12)(H4,8,9,10);4,6H,1-3H2,(H,7,8)/t;;;4-/m...0/s1. The molecule has 1 saturated heterocycles. The molecule has 0 saturated carbocycles. The molecule has 15 heteroatoms. The summed E-state index contributed by atoms with van der Waals surface area (Å²) in [5.74, 6) is -2.79. The van der Waals surface area contributed by atoms with Crippen molar-refractivity contribution in [3.05, 3.63) is 76.1 Å². The lowest BCUT2D eigenvalue weighted by Crippen LogP contribution is -2.34. The van der Waals surface area contributed by atoms with Crippen LogP contribution in [0.3, 0.4) is 0 Å². The van der Waals surface area contributed by atoms with E-state index in [1.807, 2.05) is 43.3 Å². The zero-order valence-electron chi connectivity index (χ0n) is 25.1. The zero-order chi connectivity index (χ0) is 33.9. The Bertz CT molecular complexity index is 1440. The predicted octanol–water partition coefficient (Wildman–Crippen LogP) is 0.809. The van der Waals surface area contributed by atoms with Crippen molar-refractivity contribution in [2.75, 3.05) is 18.8 Å². The number of aryl methyl sites for hydroxylation is 1. The number of carbonyl (C=O) groups is 3. The lowest BCUT2D eigenvalue weighted by atomic mass is 10.1. The molecule has 3 aromatic rings. The molecule has 14 N–H and O–H groups in total. The number of anilines is 1. The summed E-state index contributed by atoms with van der Waals surface area (Å²) in [6.45, 7) is 3.21. The van der Waals surface area contributed by atoms with Crippen LogP contribution in [0.2, 0.25) is 0 Å². The van der Waals surface area contributed by atoms with Gasteiger partial charge in [-0.3, -0.25) is 19.8 Å². The Morgan fingerprint density at radius 1 is 1.04 bits per heavy atom.